The number of thiophene rings is 1. The van der Waals surface area contributed by atoms with Gasteiger partial charge in [-0.2, -0.15) is 0 Å². The number of carbonyl (C=O) groups is 3. The van der Waals surface area contributed by atoms with Gasteiger partial charge in [0.2, 0.25) is 5.91 Å². The molecule has 12 heteroatoms. The van der Waals surface area contributed by atoms with E-state index in [1.807, 2.05) is 35.8 Å². The number of nitrogens with zero attached hydrogens (tertiary/aromatic N) is 4. The number of carbonyl (C=O) groups excluding carboxylic acids is 3. The maximum atomic E-state index is 12.8. The molecule has 0 atom stereocenters. The molecule has 0 aliphatic heterocycles. The lowest BCUT2D eigenvalue weighted by atomic mass is 10.1. The predicted octanol–water partition coefficient (Wildman–Crippen LogP) is 3.94. The van der Waals surface area contributed by atoms with Gasteiger partial charge in [-0.3, -0.25) is 14.2 Å². The smallest absolute Gasteiger partial charge is 0.341 e. The van der Waals surface area contributed by atoms with Crippen LogP contribution in [0.5, 0.6) is 5.75 Å². The summed E-state index contributed by atoms with van der Waals surface area (Å²) < 4.78 is 12.5. The molecule has 10 nitrogen and oxygen atoms in total. The molecule has 0 radical (unpaired) electrons. The van der Waals surface area contributed by atoms with E-state index in [2.05, 4.69) is 22.1 Å². The monoisotopic (exact) mass is 543 g/mol. The maximum absolute atomic E-state index is 12.8. The topological polar surface area (TPSA) is 116 Å². The molecule has 0 bridgehead atoms. The van der Waals surface area contributed by atoms with Crippen LogP contribution in [0.15, 0.2) is 42.1 Å². The Morgan fingerprint density at radius 1 is 1.24 bits per heavy atom. The van der Waals surface area contributed by atoms with Gasteiger partial charge in [0.15, 0.2) is 11.0 Å². The first-order valence-corrected chi connectivity index (χ1v) is 13.0. The number of rotatable bonds is 11. The number of nitrogens with one attached hydrogen (secondary N) is 1. The molecule has 0 saturated carbocycles. The number of anilines is 1. The van der Waals surface area contributed by atoms with Crippen molar-refractivity contribution in [1.29, 1.82) is 0 Å². The van der Waals surface area contributed by atoms with Crippen LogP contribution in [0.1, 0.15) is 37.0 Å². The molecule has 0 fully saturated rings. The van der Waals surface area contributed by atoms with E-state index in [1.54, 1.807) is 27.1 Å². The summed E-state index contributed by atoms with van der Waals surface area (Å²) in [6, 6.07) is 7.70. The number of hydrogen-bond acceptors (Lipinski definition) is 9. The number of allylic oxidation sites excluding steroid dienone is 1. The summed E-state index contributed by atoms with van der Waals surface area (Å²) in [5.41, 5.74) is 1.71. The van der Waals surface area contributed by atoms with Crippen molar-refractivity contribution in [3.63, 3.8) is 0 Å². The minimum Gasteiger partial charge on any atom is -0.486 e. The summed E-state index contributed by atoms with van der Waals surface area (Å²) in [6.45, 7) is 8.08. The van der Waals surface area contributed by atoms with Gasteiger partial charge in [-0.15, -0.1) is 28.1 Å². The number of benzene rings is 1. The van der Waals surface area contributed by atoms with Crippen molar-refractivity contribution < 1.29 is 23.9 Å². The maximum Gasteiger partial charge on any atom is 0.341 e. The highest BCUT2D eigenvalue weighted by Gasteiger charge is 2.27. The van der Waals surface area contributed by atoms with Gasteiger partial charge < -0.3 is 19.7 Å². The van der Waals surface area contributed by atoms with Crippen LogP contribution in [0.3, 0.4) is 0 Å². The lowest BCUT2D eigenvalue weighted by Crippen LogP contribution is -2.21. The molecule has 0 unspecified atom stereocenters. The Balaban J connectivity index is 1.72. The summed E-state index contributed by atoms with van der Waals surface area (Å²) in [4.78, 5) is 39.5. The SMILES string of the molecule is C=CCn1c(COc2cccc(C)c2)nnc1SCC(=O)Nc1sc(C(=O)N(C)C)c(C)c1C(=O)OC. The molecule has 0 aliphatic rings. The third kappa shape index (κ3) is 6.77. The molecule has 2 aromatic heterocycles. The van der Waals surface area contributed by atoms with Crippen LogP contribution in [-0.4, -0.2) is 64.4 Å². The first-order valence-electron chi connectivity index (χ1n) is 11.2. The molecular weight excluding hydrogens is 514 g/mol. The van der Waals surface area contributed by atoms with Gasteiger partial charge in [0.25, 0.3) is 5.91 Å². The molecule has 3 rings (SSSR count). The van der Waals surface area contributed by atoms with Gasteiger partial charge in [-0.25, -0.2) is 4.79 Å². The van der Waals surface area contributed by atoms with Crippen LogP contribution in [0, 0.1) is 13.8 Å². The number of hydrogen-bond donors (Lipinski definition) is 1. The Morgan fingerprint density at radius 3 is 2.65 bits per heavy atom. The molecule has 0 aliphatic carbocycles. The van der Waals surface area contributed by atoms with E-state index in [0.29, 0.717) is 28.0 Å². The molecule has 2 amide bonds. The van der Waals surface area contributed by atoms with Crippen molar-refractivity contribution in [1.82, 2.24) is 19.7 Å². The van der Waals surface area contributed by atoms with Gasteiger partial charge in [0, 0.05) is 20.6 Å². The Bertz CT molecular complexity index is 1310. The Hall–Kier alpha value is -3.64. The summed E-state index contributed by atoms with van der Waals surface area (Å²) in [6.07, 6.45) is 1.71. The van der Waals surface area contributed by atoms with E-state index in [4.69, 9.17) is 9.47 Å². The lowest BCUT2D eigenvalue weighted by Gasteiger charge is -2.10. The summed E-state index contributed by atoms with van der Waals surface area (Å²) in [7, 11) is 4.49. The van der Waals surface area contributed by atoms with Crippen molar-refractivity contribution in [3.8, 4) is 5.75 Å². The third-order valence-corrected chi connectivity index (χ3v) is 7.35. The highest BCUT2D eigenvalue weighted by atomic mass is 32.2. The molecule has 3 aromatic rings. The van der Waals surface area contributed by atoms with E-state index < -0.39 is 5.97 Å². The quantitative estimate of drug-likeness (QED) is 0.220. The van der Waals surface area contributed by atoms with Crippen LogP contribution in [-0.2, 0) is 22.7 Å². The number of esters is 1. The number of amides is 2. The summed E-state index contributed by atoms with van der Waals surface area (Å²) in [5, 5.41) is 12.0. The molecule has 1 aromatic carbocycles. The van der Waals surface area contributed by atoms with Crippen LogP contribution in [0.4, 0.5) is 5.00 Å². The first kappa shape index (κ1) is 27.9. The van der Waals surface area contributed by atoms with E-state index in [-0.39, 0.29) is 34.7 Å². The van der Waals surface area contributed by atoms with Crippen LogP contribution in [0.2, 0.25) is 0 Å². The zero-order chi connectivity index (χ0) is 27.1. The van der Waals surface area contributed by atoms with Crippen molar-refractivity contribution in [3.05, 3.63) is 64.3 Å². The van der Waals surface area contributed by atoms with E-state index >= 15 is 0 Å². The summed E-state index contributed by atoms with van der Waals surface area (Å²) in [5.74, 6) is 0.0622. The fraction of sp³-hybridized carbons (Fsp3) is 0.320. The number of methoxy groups -OCH3 is 1. The second-order valence-electron chi connectivity index (χ2n) is 8.19. The van der Waals surface area contributed by atoms with Crippen LogP contribution < -0.4 is 10.1 Å². The number of aromatic nitrogens is 3. The van der Waals surface area contributed by atoms with Gasteiger partial charge in [-0.05, 0) is 37.1 Å². The highest BCUT2D eigenvalue weighted by Crippen LogP contribution is 2.34. The number of aryl methyl sites for hydroxylation is 1. The standard InChI is InChI=1S/C25H29N5O5S2/c1-7-11-30-18(13-35-17-10-8-9-15(2)12-17)27-28-25(30)36-14-19(31)26-22-20(24(33)34-6)16(3)21(37-22)23(32)29(4)5/h7-10,12H,1,11,13-14H2,2-6H3,(H,26,31). The molecule has 2 heterocycles. The second kappa shape index (κ2) is 12.5. The van der Waals surface area contributed by atoms with E-state index in [1.165, 1.54) is 23.8 Å². The minimum atomic E-state index is -0.626. The Labute approximate surface area is 223 Å². The normalized spacial score (nSPS) is 10.6. The Kier molecular flexibility index (Phi) is 9.48. The van der Waals surface area contributed by atoms with Crippen molar-refractivity contribution in [2.24, 2.45) is 0 Å². The molecule has 37 heavy (non-hydrogen) atoms. The minimum absolute atomic E-state index is 0.00251. The van der Waals surface area contributed by atoms with Crippen LogP contribution >= 0.6 is 23.1 Å². The molecule has 1 N–H and O–H groups in total. The van der Waals surface area contributed by atoms with Gasteiger partial charge in [-0.1, -0.05) is 30.0 Å². The highest BCUT2D eigenvalue weighted by molar-refractivity contribution is 7.99. The fourth-order valence-electron chi connectivity index (χ4n) is 3.35. The van der Waals surface area contributed by atoms with Crippen molar-refractivity contribution >= 4 is 45.9 Å². The molecule has 0 spiro atoms. The average Bonchev–Trinajstić information content (AvgIpc) is 3.40. The van der Waals surface area contributed by atoms with Crippen molar-refractivity contribution in [2.45, 2.75) is 32.2 Å². The lowest BCUT2D eigenvalue weighted by molar-refractivity contribution is -0.113. The summed E-state index contributed by atoms with van der Waals surface area (Å²) >= 11 is 2.23. The Morgan fingerprint density at radius 2 is 2.00 bits per heavy atom. The van der Waals surface area contributed by atoms with E-state index in [9.17, 15) is 14.4 Å². The molecular formula is C25H29N5O5S2. The third-order valence-electron chi connectivity index (χ3n) is 5.18. The predicted molar refractivity (Wildman–Crippen MR) is 143 cm³/mol. The van der Waals surface area contributed by atoms with Gasteiger partial charge in [0.05, 0.1) is 23.3 Å². The van der Waals surface area contributed by atoms with Crippen molar-refractivity contribution in [2.75, 3.05) is 32.3 Å². The zero-order valence-corrected chi connectivity index (χ0v) is 23.0. The van der Waals surface area contributed by atoms with Gasteiger partial charge >= 0.3 is 5.97 Å². The fourth-order valence-corrected chi connectivity index (χ4v) is 5.35. The number of thioether (sulfide) groups is 1. The van der Waals surface area contributed by atoms with Crippen LogP contribution in [0.25, 0.3) is 0 Å². The first-order chi connectivity index (χ1) is 17.7. The second-order valence-corrected chi connectivity index (χ2v) is 10.2. The zero-order valence-electron chi connectivity index (χ0n) is 21.4. The largest absolute Gasteiger partial charge is 0.486 e. The average molecular weight is 544 g/mol. The molecule has 0 saturated heterocycles. The van der Waals surface area contributed by atoms with E-state index in [0.717, 1.165) is 22.6 Å². The number of ether oxygens (including phenoxy) is 2. The molecule has 196 valence electrons. The van der Waals surface area contributed by atoms with Gasteiger partial charge in [0.1, 0.15) is 17.4 Å².